The summed E-state index contributed by atoms with van der Waals surface area (Å²) in [6, 6.07) is 12.7. The first kappa shape index (κ1) is 36.1. The third-order valence-corrected chi connectivity index (χ3v) is 6.62. The molecule has 0 bridgehead atoms. The lowest BCUT2D eigenvalue weighted by molar-refractivity contribution is -0.902. The Morgan fingerprint density at radius 2 is 1.43 bits per heavy atom. The fourth-order valence-corrected chi connectivity index (χ4v) is 3.92. The first-order valence-corrected chi connectivity index (χ1v) is 13.2. The van der Waals surface area contributed by atoms with Crippen molar-refractivity contribution in [3.63, 3.8) is 0 Å². The van der Waals surface area contributed by atoms with Gasteiger partial charge in [0.15, 0.2) is 23.7 Å². The van der Waals surface area contributed by atoms with Gasteiger partial charge in [0.25, 0.3) is 0 Å². The Morgan fingerprint density at radius 3 is 1.90 bits per heavy atom. The number of hydroxylamine groups is 3. The van der Waals surface area contributed by atoms with E-state index < -0.39 is 30.1 Å². The minimum atomic E-state index is -2.27. The molecule has 2 unspecified atom stereocenters. The highest BCUT2D eigenvalue weighted by Gasteiger charge is 2.29. The van der Waals surface area contributed by atoms with Crippen molar-refractivity contribution in [1.82, 2.24) is 0 Å². The summed E-state index contributed by atoms with van der Waals surface area (Å²) in [6.07, 6.45) is -2.51. The second-order valence-electron chi connectivity index (χ2n) is 9.37. The number of benzene rings is 2. The number of carboxylic acid groups (broad SMARTS) is 2. The summed E-state index contributed by atoms with van der Waals surface area (Å²) in [5, 5.41) is 45.9. The lowest BCUT2D eigenvalue weighted by Gasteiger charge is -2.47. The second kappa shape index (κ2) is 17.8. The highest BCUT2D eigenvalue weighted by Crippen LogP contribution is 2.28. The van der Waals surface area contributed by atoms with Gasteiger partial charge in [-0.1, -0.05) is 12.1 Å². The van der Waals surface area contributed by atoms with Crippen molar-refractivity contribution in [2.45, 2.75) is 51.4 Å². The van der Waals surface area contributed by atoms with E-state index in [4.69, 9.17) is 39.4 Å². The topological polar surface area (TPSA) is 192 Å². The standard InChI is InChI=1S/C25H35NO6.C4H6O6/c1-6-26(28,19(2)17-20-9-12-22(29-3)13-10-20)15-7-8-16-32-25(27)21-11-14-23(30-4)24(18-21)31-5;5-1(3(7)8)2(6)4(9)10/h9-14,18-19H,6-8,15-17H2,1-5H3;1-2,5-6H,(H,7,8)(H,9,10)/t;1-,2-/m.1/s1. The van der Waals surface area contributed by atoms with E-state index in [1.54, 1.807) is 32.4 Å². The number of rotatable bonds is 16. The van der Waals surface area contributed by atoms with Gasteiger partial charge in [-0.25, -0.2) is 14.4 Å². The Balaban J connectivity index is 0.000000752. The van der Waals surface area contributed by atoms with Crippen molar-refractivity contribution < 1.29 is 58.4 Å². The number of quaternary nitrogens is 1. The Bertz CT molecular complexity index is 1120. The SMILES string of the molecule is CC[N+]([O-])(CCCCOC(=O)c1ccc(OC)c(OC)c1)C(C)Cc1ccc(OC)cc1.O=C(O)[C@H](O)[C@@H](O)C(=O)O. The number of carbonyl (C=O) groups is 3. The zero-order valence-corrected chi connectivity index (χ0v) is 24.5. The molecule has 0 aliphatic carbocycles. The first-order chi connectivity index (χ1) is 19.8. The van der Waals surface area contributed by atoms with Crippen molar-refractivity contribution in [2.24, 2.45) is 0 Å². The number of carboxylic acids is 2. The van der Waals surface area contributed by atoms with Crippen molar-refractivity contribution in [3.8, 4) is 17.2 Å². The van der Waals surface area contributed by atoms with Gasteiger partial charge in [-0.15, -0.1) is 0 Å². The normalized spacial score (nSPS) is 14.2. The van der Waals surface area contributed by atoms with E-state index in [0.717, 1.165) is 11.3 Å². The zero-order chi connectivity index (χ0) is 31.9. The second-order valence-corrected chi connectivity index (χ2v) is 9.37. The molecule has 13 nitrogen and oxygen atoms in total. The predicted octanol–water partition coefficient (Wildman–Crippen LogP) is 2.49. The molecule has 0 saturated carbocycles. The molecule has 0 saturated heterocycles. The van der Waals surface area contributed by atoms with Crippen LogP contribution in [0.25, 0.3) is 0 Å². The maximum Gasteiger partial charge on any atom is 0.338 e. The third kappa shape index (κ3) is 11.2. The molecule has 0 amide bonds. The maximum atomic E-state index is 13.3. The zero-order valence-electron chi connectivity index (χ0n) is 24.5. The average molecular weight is 596 g/mol. The van der Waals surface area contributed by atoms with Gasteiger partial charge in [0.2, 0.25) is 0 Å². The van der Waals surface area contributed by atoms with Crippen LogP contribution >= 0.6 is 0 Å². The fourth-order valence-electron chi connectivity index (χ4n) is 3.92. The summed E-state index contributed by atoms with van der Waals surface area (Å²) >= 11 is 0. The van der Waals surface area contributed by atoms with Crippen LogP contribution in [-0.2, 0) is 20.7 Å². The van der Waals surface area contributed by atoms with E-state index in [0.29, 0.717) is 49.4 Å². The van der Waals surface area contributed by atoms with Crippen molar-refractivity contribution in [3.05, 3.63) is 58.8 Å². The number of aliphatic hydroxyl groups excluding tert-OH is 2. The van der Waals surface area contributed by atoms with Crippen molar-refractivity contribution in [2.75, 3.05) is 41.0 Å². The van der Waals surface area contributed by atoms with E-state index >= 15 is 0 Å². The molecule has 0 radical (unpaired) electrons. The summed E-state index contributed by atoms with van der Waals surface area (Å²) in [4.78, 5) is 31.8. The number of hydrogen-bond acceptors (Lipinski definition) is 10. The molecular weight excluding hydrogens is 554 g/mol. The van der Waals surface area contributed by atoms with Crippen LogP contribution in [0.15, 0.2) is 42.5 Å². The molecule has 0 aromatic heterocycles. The van der Waals surface area contributed by atoms with Gasteiger partial charge in [0.1, 0.15) is 5.75 Å². The fraction of sp³-hybridized carbons (Fsp3) is 0.483. The van der Waals surface area contributed by atoms with Gasteiger partial charge in [0.05, 0.1) is 52.6 Å². The number of likely N-dealkylation sites (N-methyl/N-ethyl adjacent to an activating group) is 1. The highest BCUT2D eigenvalue weighted by atomic mass is 16.5. The quantitative estimate of drug-likeness (QED) is 0.0961. The minimum absolute atomic E-state index is 0.0669. The molecule has 2 rings (SSSR count). The highest BCUT2D eigenvalue weighted by molar-refractivity contribution is 5.90. The number of ether oxygens (including phenoxy) is 4. The Morgan fingerprint density at radius 1 is 0.857 bits per heavy atom. The van der Waals surface area contributed by atoms with Crippen LogP contribution in [0.2, 0.25) is 0 Å². The van der Waals surface area contributed by atoms with E-state index in [1.807, 2.05) is 38.1 Å². The van der Waals surface area contributed by atoms with Gasteiger partial charge in [-0.3, -0.25) is 0 Å². The number of aliphatic carboxylic acids is 2. The van der Waals surface area contributed by atoms with Crippen LogP contribution < -0.4 is 14.2 Å². The number of aliphatic hydroxyl groups is 2. The molecule has 0 fully saturated rings. The lowest BCUT2D eigenvalue weighted by atomic mass is 10.0. The smallest absolute Gasteiger partial charge is 0.338 e. The number of esters is 1. The molecule has 42 heavy (non-hydrogen) atoms. The summed E-state index contributed by atoms with van der Waals surface area (Å²) in [6.45, 7) is 5.18. The first-order valence-electron chi connectivity index (χ1n) is 13.2. The van der Waals surface area contributed by atoms with Gasteiger partial charge < -0.3 is 49.2 Å². The Kier molecular flexibility index (Phi) is 15.3. The van der Waals surface area contributed by atoms with Crippen LogP contribution in [0.4, 0.5) is 0 Å². The van der Waals surface area contributed by atoms with E-state index in [1.165, 1.54) is 7.11 Å². The molecule has 4 atom stereocenters. The number of methoxy groups -OCH3 is 3. The van der Waals surface area contributed by atoms with Crippen LogP contribution in [0.5, 0.6) is 17.2 Å². The predicted molar refractivity (Wildman–Crippen MR) is 152 cm³/mol. The molecule has 4 N–H and O–H groups in total. The molecule has 0 spiro atoms. The Hall–Kier alpha value is -3.91. The van der Waals surface area contributed by atoms with Crippen LogP contribution in [-0.4, -0.2) is 102 Å². The van der Waals surface area contributed by atoms with Gasteiger partial charge in [-0.05, 0) is 56.2 Å². The largest absolute Gasteiger partial charge is 0.633 e. The average Bonchev–Trinajstić information content (AvgIpc) is 2.99. The number of carbonyl (C=O) groups excluding carboxylic acids is 1. The molecule has 234 valence electrons. The van der Waals surface area contributed by atoms with Crippen molar-refractivity contribution in [1.29, 1.82) is 0 Å². The number of unbranched alkanes of at least 4 members (excludes halogenated alkanes) is 1. The molecule has 0 aliphatic heterocycles. The number of hydrogen-bond donors (Lipinski definition) is 4. The number of nitrogens with zero attached hydrogens (tertiary/aromatic N) is 1. The maximum absolute atomic E-state index is 13.3. The van der Waals surface area contributed by atoms with Gasteiger partial charge in [-0.2, -0.15) is 0 Å². The minimum Gasteiger partial charge on any atom is -0.633 e. The lowest BCUT2D eigenvalue weighted by Crippen LogP contribution is -2.50. The third-order valence-electron chi connectivity index (χ3n) is 6.62. The molecule has 0 heterocycles. The molecular formula is C29H41NO12. The summed E-state index contributed by atoms with van der Waals surface area (Å²) < 4.78 is 20.7. The summed E-state index contributed by atoms with van der Waals surface area (Å²) in [5.74, 6) is -2.12. The molecule has 13 heteroatoms. The molecule has 0 aliphatic rings. The summed E-state index contributed by atoms with van der Waals surface area (Å²) in [7, 11) is 4.70. The summed E-state index contributed by atoms with van der Waals surface area (Å²) in [5.41, 5.74) is 1.52. The van der Waals surface area contributed by atoms with E-state index in [9.17, 15) is 19.6 Å². The van der Waals surface area contributed by atoms with Crippen LogP contribution in [0.3, 0.4) is 0 Å². The van der Waals surface area contributed by atoms with Gasteiger partial charge >= 0.3 is 17.9 Å². The van der Waals surface area contributed by atoms with Crippen LogP contribution in [0, 0.1) is 5.21 Å². The van der Waals surface area contributed by atoms with Crippen molar-refractivity contribution >= 4 is 17.9 Å². The monoisotopic (exact) mass is 595 g/mol. The van der Waals surface area contributed by atoms with Crippen LogP contribution in [0.1, 0.15) is 42.6 Å². The Labute approximate surface area is 245 Å². The van der Waals surface area contributed by atoms with E-state index in [2.05, 4.69) is 0 Å². The molecule has 2 aromatic carbocycles. The van der Waals surface area contributed by atoms with Gasteiger partial charge in [0, 0.05) is 12.8 Å². The van der Waals surface area contributed by atoms with E-state index in [-0.39, 0.29) is 17.3 Å². The molecule has 2 aromatic rings.